The minimum Gasteiger partial charge on any atom is -0.347 e. The number of nitrogens with one attached hydrogen (secondary N) is 2. The quantitative estimate of drug-likeness (QED) is 0.769. The highest BCUT2D eigenvalue weighted by Crippen LogP contribution is 2.10. The number of anilines is 1. The highest BCUT2D eigenvalue weighted by atomic mass is 16.2. The number of carbonyl (C=O) groups excluding carboxylic acids is 3. The van der Waals surface area contributed by atoms with Crippen LogP contribution in [0.1, 0.15) is 29.3 Å². The minimum atomic E-state index is -0.330. The van der Waals surface area contributed by atoms with Gasteiger partial charge in [0, 0.05) is 17.7 Å². The highest BCUT2D eigenvalue weighted by Gasteiger charge is 2.07. The Morgan fingerprint density at radius 1 is 0.917 bits per heavy atom. The van der Waals surface area contributed by atoms with Crippen molar-refractivity contribution in [2.24, 2.45) is 0 Å². The number of hydrogen-bond acceptors (Lipinski definition) is 3. The van der Waals surface area contributed by atoms with Gasteiger partial charge in [0.25, 0.3) is 0 Å². The van der Waals surface area contributed by atoms with Crippen LogP contribution in [-0.4, -0.2) is 24.1 Å². The van der Waals surface area contributed by atoms with Crippen LogP contribution in [0.25, 0.3) is 0 Å². The third kappa shape index (κ3) is 5.68. The van der Waals surface area contributed by atoms with E-state index in [1.54, 1.807) is 24.3 Å². The van der Waals surface area contributed by atoms with Gasteiger partial charge < -0.3 is 10.6 Å². The Balaban J connectivity index is 1.75. The number of carbonyl (C=O) groups is 3. The molecule has 0 aliphatic carbocycles. The van der Waals surface area contributed by atoms with Gasteiger partial charge in [-0.2, -0.15) is 0 Å². The normalized spacial score (nSPS) is 10.0. The molecule has 0 aliphatic rings. The number of aryl methyl sites for hydroxylation is 1. The van der Waals surface area contributed by atoms with E-state index in [2.05, 4.69) is 10.6 Å². The largest absolute Gasteiger partial charge is 0.347 e. The van der Waals surface area contributed by atoms with E-state index in [9.17, 15) is 14.4 Å². The Morgan fingerprint density at radius 3 is 2.38 bits per heavy atom. The van der Waals surface area contributed by atoms with Crippen molar-refractivity contribution < 1.29 is 14.4 Å². The molecule has 0 unspecified atom stereocenters. The number of benzene rings is 2. The van der Waals surface area contributed by atoms with Gasteiger partial charge in [-0.1, -0.05) is 42.5 Å². The zero-order valence-corrected chi connectivity index (χ0v) is 13.5. The standard InChI is InChI=1S/C19H20N2O3/c1-14(22)16-8-5-9-17(12-16)21-19(24)13-20-18(23)11-10-15-6-3-2-4-7-15/h2-9,12H,10-11,13H2,1H3,(H,20,23)(H,21,24). The molecule has 24 heavy (non-hydrogen) atoms. The first kappa shape index (κ1) is 17.4. The molecular formula is C19H20N2O3. The van der Waals surface area contributed by atoms with Crippen molar-refractivity contribution in [2.75, 3.05) is 11.9 Å². The van der Waals surface area contributed by atoms with Crippen molar-refractivity contribution in [3.05, 3.63) is 65.7 Å². The zero-order chi connectivity index (χ0) is 17.4. The molecule has 0 saturated heterocycles. The number of hydrogen-bond donors (Lipinski definition) is 2. The summed E-state index contributed by atoms with van der Waals surface area (Å²) in [5.41, 5.74) is 2.14. The van der Waals surface area contributed by atoms with E-state index in [0.717, 1.165) is 5.56 Å². The molecule has 0 saturated carbocycles. The summed E-state index contributed by atoms with van der Waals surface area (Å²) < 4.78 is 0. The fourth-order valence-corrected chi connectivity index (χ4v) is 2.19. The molecule has 0 aliphatic heterocycles. The van der Waals surface area contributed by atoms with Crippen LogP contribution in [0.2, 0.25) is 0 Å². The second-order valence-electron chi connectivity index (χ2n) is 5.45. The lowest BCUT2D eigenvalue weighted by Gasteiger charge is -2.08. The predicted molar refractivity (Wildman–Crippen MR) is 92.8 cm³/mol. The van der Waals surface area contributed by atoms with E-state index in [4.69, 9.17) is 0 Å². The molecule has 2 amide bonds. The first-order chi connectivity index (χ1) is 11.5. The van der Waals surface area contributed by atoms with Crippen molar-refractivity contribution in [2.45, 2.75) is 19.8 Å². The molecule has 0 atom stereocenters. The number of rotatable bonds is 7. The van der Waals surface area contributed by atoms with Crippen LogP contribution in [0.4, 0.5) is 5.69 Å². The van der Waals surface area contributed by atoms with Gasteiger partial charge in [-0.25, -0.2) is 0 Å². The van der Waals surface area contributed by atoms with Crippen LogP contribution in [0.5, 0.6) is 0 Å². The van der Waals surface area contributed by atoms with E-state index in [0.29, 0.717) is 24.1 Å². The molecular weight excluding hydrogens is 304 g/mol. The van der Waals surface area contributed by atoms with E-state index < -0.39 is 0 Å². The van der Waals surface area contributed by atoms with Gasteiger partial charge in [0.15, 0.2) is 5.78 Å². The molecule has 5 nitrogen and oxygen atoms in total. The van der Waals surface area contributed by atoms with Crippen molar-refractivity contribution >= 4 is 23.3 Å². The van der Waals surface area contributed by atoms with E-state index in [-0.39, 0.29) is 24.1 Å². The van der Waals surface area contributed by atoms with Crippen molar-refractivity contribution in [1.82, 2.24) is 5.32 Å². The van der Waals surface area contributed by atoms with E-state index in [1.165, 1.54) is 6.92 Å². The summed E-state index contributed by atoms with van der Waals surface area (Å²) >= 11 is 0. The molecule has 0 heterocycles. The smallest absolute Gasteiger partial charge is 0.243 e. The Kier molecular flexibility index (Phi) is 6.25. The second-order valence-corrected chi connectivity index (χ2v) is 5.45. The van der Waals surface area contributed by atoms with Crippen LogP contribution in [0, 0.1) is 0 Å². The number of Topliss-reactive ketones (excluding diaryl/α,β-unsaturated/α-hetero) is 1. The maximum Gasteiger partial charge on any atom is 0.243 e. The van der Waals surface area contributed by atoms with Crippen LogP contribution >= 0.6 is 0 Å². The first-order valence-corrected chi connectivity index (χ1v) is 7.76. The molecule has 2 aromatic carbocycles. The highest BCUT2D eigenvalue weighted by molar-refractivity contribution is 5.98. The molecule has 0 aromatic heterocycles. The van der Waals surface area contributed by atoms with Crippen LogP contribution in [-0.2, 0) is 16.0 Å². The molecule has 0 fully saturated rings. The minimum absolute atomic E-state index is 0.0692. The lowest BCUT2D eigenvalue weighted by Crippen LogP contribution is -2.33. The van der Waals surface area contributed by atoms with Gasteiger partial charge in [-0.05, 0) is 31.0 Å². The molecule has 0 bridgehead atoms. The van der Waals surface area contributed by atoms with Crippen molar-refractivity contribution in [3.63, 3.8) is 0 Å². The monoisotopic (exact) mass is 324 g/mol. The SMILES string of the molecule is CC(=O)c1cccc(NC(=O)CNC(=O)CCc2ccccc2)c1. The van der Waals surface area contributed by atoms with Crippen LogP contribution < -0.4 is 10.6 Å². The molecule has 124 valence electrons. The summed E-state index contributed by atoms with van der Waals surface area (Å²) in [5.74, 6) is -0.574. The van der Waals surface area contributed by atoms with Crippen LogP contribution in [0.3, 0.4) is 0 Å². The number of amides is 2. The molecule has 0 radical (unpaired) electrons. The van der Waals surface area contributed by atoms with Gasteiger partial charge in [0.1, 0.15) is 0 Å². The fraction of sp³-hybridized carbons (Fsp3) is 0.211. The van der Waals surface area contributed by atoms with Gasteiger partial charge >= 0.3 is 0 Å². The summed E-state index contributed by atoms with van der Waals surface area (Å²) in [7, 11) is 0. The predicted octanol–water partition coefficient (Wildman–Crippen LogP) is 2.58. The maximum absolute atomic E-state index is 11.9. The van der Waals surface area contributed by atoms with Crippen molar-refractivity contribution in [3.8, 4) is 0 Å². The van der Waals surface area contributed by atoms with Gasteiger partial charge in [0.2, 0.25) is 11.8 Å². The van der Waals surface area contributed by atoms with Gasteiger partial charge in [-0.15, -0.1) is 0 Å². The van der Waals surface area contributed by atoms with Gasteiger partial charge in [-0.3, -0.25) is 14.4 Å². The zero-order valence-electron chi connectivity index (χ0n) is 13.5. The van der Waals surface area contributed by atoms with Gasteiger partial charge in [0.05, 0.1) is 6.54 Å². The summed E-state index contributed by atoms with van der Waals surface area (Å²) in [6.45, 7) is 1.37. The Hall–Kier alpha value is -2.95. The van der Waals surface area contributed by atoms with E-state index >= 15 is 0 Å². The topological polar surface area (TPSA) is 75.3 Å². The van der Waals surface area contributed by atoms with Crippen LogP contribution in [0.15, 0.2) is 54.6 Å². The summed E-state index contributed by atoms with van der Waals surface area (Å²) in [6, 6.07) is 16.4. The number of ketones is 1. The lowest BCUT2D eigenvalue weighted by atomic mass is 10.1. The molecule has 2 aromatic rings. The molecule has 2 rings (SSSR count). The third-order valence-electron chi connectivity index (χ3n) is 3.48. The second kappa shape index (κ2) is 8.62. The third-order valence-corrected chi connectivity index (χ3v) is 3.48. The molecule has 2 N–H and O–H groups in total. The average Bonchev–Trinajstić information content (AvgIpc) is 2.59. The fourth-order valence-electron chi connectivity index (χ4n) is 2.19. The lowest BCUT2D eigenvalue weighted by molar-refractivity contribution is -0.124. The summed E-state index contributed by atoms with van der Waals surface area (Å²) in [5, 5.41) is 5.25. The molecule has 5 heteroatoms. The van der Waals surface area contributed by atoms with E-state index in [1.807, 2.05) is 30.3 Å². The Bertz CT molecular complexity index is 726. The Morgan fingerprint density at radius 2 is 1.67 bits per heavy atom. The van der Waals surface area contributed by atoms with Crippen molar-refractivity contribution in [1.29, 1.82) is 0 Å². The first-order valence-electron chi connectivity index (χ1n) is 7.76. The Labute approximate surface area is 141 Å². The maximum atomic E-state index is 11.9. The summed E-state index contributed by atoms with van der Waals surface area (Å²) in [6.07, 6.45) is 0.964. The average molecular weight is 324 g/mol. The summed E-state index contributed by atoms with van der Waals surface area (Å²) in [4.78, 5) is 35.0. The molecule has 0 spiro atoms.